The Morgan fingerprint density at radius 2 is 2.33 bits per heavy atom. The van der Waals surface area contributed by atoms with E-state index in [1.54, 1.807) is 17.9 Å². The molecule has 2 rings (SSSR count). The molecule has 1 amide bonds. The van der Waals surface area contributed by atoms with Crippen LogP contribution in [0, 0.1) is 17.0 Å². The highest BCUT2D eigenvalue weighted by atomic mass is 16.6. The van der Waals surface area contributed by atoms with Gasteiger partial charge in [-0.25, -0.2) is 0 Å². The zero-order valence-corrected chi connectivity index (χ0v) is 12.1. The summed E-state index contributed by atoms with van der Waals surface area (Å²) in [5.74, 6) is -0.0831. The maximum Gasteiger partial charge on any atom is 0.311 e. The first-order valence-corrected chi connectivity index (χ1v) is 6.74. The third kappa shape index (κ3) is 3.91. The molecule has 1 atom stereocenters. The molecule has 1 heterocycles. The van der Waals surface area contributed by atoms with Gasteiger partial charge < -0.3 is 14.4 Å². The van der Waals surface area contributed by atoms with Gasteiger partial charge in [0.05, 0.1) is 17.6 Å². The number of morpholine rings is 1. The van der Waals surface area contributed by atoms with Crippen LogP contribution in [-0.2, 0) is 9.53 Å². The van der Waals surface area contributed by atoms with Gasteiger partial charge in [0.25, 0.3) is 5.91 Å². The Morgan fingerprint density at radius 1 is 1.57 bits per heavy atom. The van der Waals surface area contributed by atoms with E-state index >= 15 is 0 Å². The molecule has 0 bridgehead atoms. The van der Waals surface area contributed by atoms with Gasteiger partial charge in [-0.3, -0.25) is 14.9 Å². The average molecular weight is 294 g/mol. The Morgan fingerprint density at radius 3 is 3.00 bits per heavy atom. The molecule has 1 aromatic rings. The van der Waals surface area contributed by atoms with Gasteiger partial charge in [0.2, 0.25) is 0 Å². The Bertz CT molecular complexity index is 546. The molecule has 0 N–H and O–H groups in total. The van der Waals surface area contributed by atoms with Gasteiger partial charge in [-0.15, -0.1) is 0 Å². The smallest absolute Gasteiger partial charge is 0.311 e. The Hall–Kier alpha value is -2.15. The molecule has 0 aromatic heterocycles. The van der Waals surface area contributed by atoms with Crippen LogP contribution in [-0.4, -0.2) is 48.1 Å². The SMILES string of the molecule is Cc1ccc(OCC(=O)N2CCO[C@H](C)C2)c([N+](=O)[O-])c1. The monoisotopic (exact) mass is 294 g/mol. The second-order valence-electron chi connectivity index (χ2n) is 5.04. The molecular formula is C14H18N2O5. The average Bonchev–Trinajstić information content (AvgIpc) is 2.45. The Labute approximate surface area is 122 Å². The van der Waals surface area contributed by atoms with E-state index in [-0.39, 0.29) is 30.1 Å². The van der Waals surface area contributed by atoms with Crippen molar-refractivity contribution in [2.24, 2.45) is 0 Å². The van der Waals surface area contributed by atoms with Gasteiger partial charge in [-0.05, 0) is 25.5 Å². The summed E-state index contributed by atoms with van der Waals surface area (Å²) in [6.45, 7) is 4.97. The van der Waals surface area contributed by atoms with Crippen molar-refractivity contribution in [2.75, 3.05) is 26.3 Å². The molecule has 21 heavy (non-hydrogen) atoms. The Kier molecular flexibility index (Phi) is 4.74. The Balaban J connectivity index is 1.99. The number of amides is 1. The maximum atomic E-state index is 12.0. The maximum absolute atomic E-state index is 12.0. The molecule has 0 spiro atoms. The first-order chi connectivity index (χ1) is 9.97. The zero-order valence-electron chi connectivity index (χ0n) is 12.1. The van der Waals surface area contributed by atoms with Gasteiger partial charge in [0, 0.05) is 19.2 Å². The van der Waals surface area contributed by atoms with Crippen molar-refractivity contribution in [3.63, 3.8) is 0 Å². The van der Waals surface area contributed by atoms with E-state index in [1.165, 1.54) is 12.1 Å². The predicted octanol–water partition coefficient (Wildman–Crippen LogP) is 1.53. The van der Waals surface area contributed by atoms with E-state index < -0.39 is 4.92 Å². The summed E-state index contributed by atoms with van der Waals surface area (Å²) >= 11 is 0. The van der Waals surface area contributed by atoms with Crippen molar-refractivity contribution in [3.8, 4) is 5.75 Å². The standard InChI is InChI=1S/C14H18N2O5/c1-10-3-4-13(12(7-10)16(18)19)21-9-14(17)15-5-6-20-11(2)8-15/h3-4,7,11H,5-6,8-9H2,1-2H3/t11-/m1/s1. The first kappa shape index (κ1) is 15.2. The number of hydrogen-bond donors (Lipinski definition) is 0. The van der Waals surface area contributed by atoms with Gasteiger partial charge >= 0.3 is 5.69 Å². The number of benzene rings is 1. The lowest BCUT2D eigenvalue weighted by atomic mass is 10.2. The zero-order chi connectivity index (χ0) is 15.4. The topological polar surface area (TPSA) is 81.9 Å². The molecule has 0 saturated carbocycles. The fourth-order valence-corrected chi connectivity index (χ4v) is 2.17. The van der Waals surface area contributed by atoms with E-state index in [9.17, 15) is 14.9 Å². The first-order valence-electron chi connectivity index (χ1n) is 6.74. The fraction of sp³-hybridized carbons (Fsp3) is 0.500. The van der Waals surface area contributed by atoms with Crippen LogP contribution in [0.1, 0.15) is 12.5 Å². The molecule has 0 radical (unpaired) electrons. The number of nitro benzene ring substituents is 1. The molecule has 1 aliphatic heterocycles. The van der Waals surface area contributed by atoms with Crippen LogP contribution >= 0.6 is 0 Å². The largest absolute Gasteiger partial charge is 0.477 e. The minimum Gasteiger partial charge on any atom is -0.477 e. The molecule has 0 aliphatic carbocycles. The van der Waals surface area contributed by atoms with Gasteiger partial charge in [-0.1, -0.05) is 6.07 Å². The summed E-state index contributed by atoms with van der Waals surface area (Å²) in [4.78, 5) is 24.2. The molecule has 1 fully saturated rings. The quantitative estimate of drug-likeness (QED) is 0.621. The lowest BCUT2D eigenvalue weighted by Gasteiger charge is -2.31. The highest BCUT2D eigenvalue weighted by molar-refractivity contribution is 5.78. The minimum absolute atomic E-state index is 0.00332. The second kappa shape index (κ2) is 6.53. The minimum atomic E-state index is -0.510. The number of aryl methyl sites for hydroxylation is 1. The van der Waals surface area contributed by atoms with Gasteiger partial charge in [0.15, 0.2) is 12.4 Å². The van der Waals surface area contributed by atoms with Crippen LogP contribution in [0.25, 0.3) is 0 Å². The number of carbonyl (C=O) groups is 1. The van der Waals surface area contributed by atoms with Crippen molar-refractivity contribution in [2.45, 2.75) is 20.0 Å². The highest BCUT2D eigenvalue weighted by Crippen LogP contribution is 2.27. The third-order valence-electron chi connectivity index (χ3n) is 3.26. The van der Waals surface area contributed by atoms with Crippen LogP contribution in [0.3, 0.4) is 0 Å². The predicted molar refractivity (Wildman–Crippen MR) is 75.3 cm³/mol. The van der Waals surface area contributed by atoms with Crippen molar-refractivity contribution in [3.05, 3.63) is 33.9 Å². The second-order valence-corrected chi connectivity index (χ2v) is 5.04. The summed E-state index contributed by atoms with van der Waals surface area (Å²) in [6, 6.07) is 4.66. The van der Waals surface area contributed by atoms with E-state index in [0.717, 1.165) is 5.56 Å². The van der Waals surface area contributed by atoms with Gasteiger partial charge in [-0.2, -0.15) is 0 Å². The van der Waals surface area contributed by atoms with E-state index in [4.69, 9.17) is 9.47 Å². The molecular weight excluding hydrogens is 276 g/mol. The van der Waals surface area contributed by atoms with E-state index in [0.29, 0.717) is 19.7 Å². The van der Waals surface area contributed by atoms with Gasteiger partial charge in [0.1, 0.15) is 0 Å². The van der Waals surface area contributed by atoms with E-state index in [2.05, 4.69) is 0 Å². The summed E-state index contributed by atoms with van der Waals surface area (Å²) in [7, 11) is 0. The van der Waals surface area contributed by atoms with E-state index in [1.807, 2.05) is 6.92 Å². The van der Waals surface area contributed by atoms with Crippen LogP contribution < -0.4 is 4.74 Å². The highest BCUT2D eigenvalue weighted by Gasteiger charge is 2.23. The molecule has 1 aromatic carbocycles. The van der Waals surface area contributed by atoms with Crippen molar-refractivity contribution < 1.29 is 19.2 Å². The molecule has 114 valence electrons. The number of nitro groups is 1. The lowest BCUT2D eigenvalue weighted by Crippen LogP contribution is -2.46. The van der Waals surface area contributed by atoms with Crippen molar-refractivity contribution in [1.82, 2.24) is 4.90 Å². The van der Waals surface area contributed by atoms with Crippen LogP contribution in [0.4, 0.5) is 5.69 Å². The molecule has 7 heteroatoms. The molecule has 1 aliphatic rings. The van der Waals surface area contributed by atoms with Crippen LogP contribution in [0.2, 0.25) is 0 Å². The normalized spacial score (nSPS) is 18.4. The molecule has 7 nitrogen and oxygen atoms in total. The van der Waals surface area contributed by atoms with Crippen LogP contribution in [0.5, 0.6) is 5.75 Å². The number of carbonyl (C=O) groups excluding carboxylic acids is 1. The third-order valence-corrected chi connectivity index (χ3v) is 3.26. The molecule has 0 unspecified atom stereocenters. The lowest BCUT2D eigenvalue weighted by molar-refractivity contribution is -0.385. The van der Waals surface area contributed by atoms with Crippen molar-refractivity contribution >= 4 is 11.6 Å². The number of rotatable bonds is 4. The summed E-state index contributed by atoms with van der Waals surface area (Å²) < 4.78 is 10.7. The summed E-state index contributed by atoms with van der Waals surface area (Å²) in [5, 5.41) is 11.0. The van der Waals surface area contributed by atoms with Crippen molar-refractivity contribution in [1.29, 1.82) is 0 Å². The summed E-state index contributed by atoms with van der Waals surface area (Å²) in [6.07, 6.45) is -0.00332. The fourth-order valence-electron chi connectivity index (χ4n) is 2.17. The number of hydrogen-bond acceptors (Lipinski definition) is 5. The summed E-state index contributed by atoms with van der Waals surface area (Å²) in [5.41, 5.74) is 0.639. The molecule has 1 saturated heterocycles. The number of nitrogens with zero attached hydrogens (tertiary/aromatic N) is 2. The van der Waals surface area contributed by atoms with Crippen LogP contribution in [0.15, 0.2) is 18.2 Å². The number of ether oxygens (including phenoxy) is 2.